The number of halogens is 2. The maximum Gasteiger partial charge on any atom is 0.278 e. The third-order valence-electron chi connectivity index (χ3n) is 1.93. The predicted octanol–water partition coefficient (Wildman–Crippen LogP) is 2.58. The van der Waals surface area contributed by atoms with Crippen molar-refractivity contribution in [3.8, 4) is 0 Å². The molecule has 0 unspecified atom stereocenters. The Kier molecular flexibility index (Phi) is 3.73. The first kappa shape index (κ1) is 12.8. The Morgan fingerprint density at radius 2 is 2.18 bits per heavy atom. The molecule has 5 nitrogen and oxygen atoms in total. The van der Waals surface area contributed by atoms with E-state index in [1.807, 2.05) is 6.07 Å². The highest BCUT2D eigenvalue weighted by atomic mass is 127. The number of sulfonamides is 1. The molecule has 1 aromatic carbocycles. The Hall–Kier alpha value is -0.610. The van der Waals surface area contributed by atoms with Gasteiger partial charge in [0.1, 0.15) is 0 Å². The Labute approximate surface area is 120 Å². The van der Waals surface area contributed by atoms with Crippen molar-refractivity contribution in [2.75, 3.05) is 4.72 Å². The molecule has 2 N–H and O–H groups in total. The molecular weight excluding hydrogens is 421 g/mol. The number of nitrogens with one attached hydrogen (secondary N) is 2. The maximum absolute atomic E-state index is 11.9. The topological polar surface area (TPSA) is 74.8 Å². The molecule has 90 valence electrons. The van der Waals surface area contributed by atoms with E-state index in [2.05, 4.69) is 53.2 Å². The number of aromatic amines is 1. The lowest BCUT2D eigenvalue weighted by Crippen LogP contribution is -2.13. The first-order valence-electron chi connectivity index (χ1n) is 4.45. The first-order chi connectivity index (χ1) is 7.99. The van der Waals surface area contributed by atoms with Gasteiger partial charge in [-0.25, -0.2) is 4.98 Å². The molecule has 8 heteroatoms. The summed E-state index contributed by atoms with van der Waals surface area (Å²) in [6, 6.07) is 5.21. The van der Waals surface area contributed by atoms with Crippen molar-refractivity contribution in [1.29, 1.82) is 0 Å². The number of anilines is 1. The molecule has 0 aliphatic rings. The van der Waals surface area contributed by atoms with E-state index >= 15 is 0 Å². The van der Waals surface area contributed by atoms with Gasteiger partial charge in [-0.1, -0.05) is 0 Å². The van der Waals surface area contributed by atoms with Crippen molar-refractivity contribution in [3.63, 3.8) is 0 Å². The Morgan fingerprint density at radius 1 is 1.41 bits per heavy atom. The van der Waals surface area contributed by atoms with Crippen molar-refractivity contribution in [2.24, 2.45) is 0 Å². The molecule has 1 heterocycles. The van der Waals surface area contributed by atoms with Gasteiger partial charge in [-0.3, -0.25) is 4.72 Å². The zero-order valence-corrected chi connectivity index (χ0v) is 12.9. The summed E-state index contributed by atoms with van der Waals surface area (Å²) < 4.78 is 28.0. The number of hydrogen-bond acceptors (Lipinski definition) is 3. The van der Waals surface area contributed by atoms with Crippen LogP contribution in [0.1, 0.15) is 0 Å². The quantitative estimate of drug-likeness (QED) is 0.739. The van der Waals surface area contributed by atoms with Gasteiger partial charge in [0, 0.05) is 8.04 Å². The van der Waals surface area contributed by atoms with Gasteiger partial charge in [0.15, 0.2) is 5.03 Å². The number of rotatable bonds is 3. The van der Waals surface area contributed by atoms with Crippen LogP contribution in [0.2, 0.25) is 0 Å². The van der Waals surface area contributed by atoms with Crippen LogP contribution in [-0.2, 0) is 10.0 Å². The summed E-state index contributed by atoms with van der Waals surface area (Å²) in [7, 11) is -3.59. The second-order valence-corrected chi connectivity index (χ2v) is 6.82. The number of nitrogens with zero attached hydrogens (tertiary/aromatic N) is 1. The van der Waals surface area contributed by atoms with Gasteiger partial charge in [-0.15, -0.1) is 0 Å². The molecule has 0 aliphatic carbocycles. The van der Waals surface area contributed by atoms with Crippen molar-refractivity contribution >= 4 is 54.2 Å². The number of hydrogen-bond donors (Lipinski definition) is 2. The molecule has 0 amide bonds. The lowest BCUT2D eigenvalue weighted by Gasteiger charge is -2.07. The van der Waals surface area contributed by atoms with E-state index in [1.54, 1.807) is 12.1 Å². The number of H-pyrrole nitrogens is 1. The zero-order valence-electron chi connectivity index (χ0n) is 8.31. The highest BCUT2D eigenvalue weighted by Crippen LogP contribution is 2.24. The van der Waals surface area contributed by atoms with Crippen LogP contribution in [0.5, 0.6) is 0 Å². The molecule has 2 aromatic rings. The standard InChI is InChI=1S/C9H7BrIN3O2S/c10-7-3-6(1-2-8(7)11)14-17(15,16)9-4-12-5-13-9/h1-5,14H,(H,12,13). The lowest BCUT2D eigenvalue weighted by atomic mass is 10.3. The fourth-order valence-corrected chi connectivity index (χ4v) is 2.83. The molecule has 0 spiro atoms. The summed E-state index contributed by atoms with van der Waals surface area (Å²) in [4.78, 5) is 6.23. The minimum absolute atomic E-state index is 0.0344. The molecular formula is C9H7BrIN3O2S. The van der Waals surface area contributed by atoms with Crippen LogP contribution < -0.4 is 4.72 Å². The third-order valence-corrected chi connectivity index (χ3v) is 5.58. The highest BCUT2D eigenvalue weighted by Gasteiger charge is 2.15. The monoisotopic (exact) mass is 427 g/mol. The molecule has 0 radical (unpaired) electrons. The molecule has 1 aromatic heterocycles. The van der Waals surface area contributed by atoms with E-state index in [9.17, 15) is 8.42 Å². The minimum Gasteiger partial charge on any atom is -0.334 e. The Bertz CT molecular complexity index is 628. The second-order valence-electron chi connectivity index (χ2n) is 3.15. The molecule has 0 saturated carbocycles. The molecule has 0 saturated heterocycles. The van der Waals surface area contributed by atoms with Crippen molar-refractivity contribution in [2.45, 2.75) is 5.03 Å². The fraction of sp³-hybridized carbons (Fsp3) is 0. The summed E-state index contributed by atoms with van der Waals surface area (Å²) in [6.07, 6.45) is 2.57. The molecule has 0 aliphatic heterocycles. The molecule has 17 heavy (non-hydrogen) atoms. The van der Waals surface area contributed by atoms with Crippen molar-refractivity contribution in [3.05, 3.63) is 38.8 Å². The largest absolute Gasteiger partial charge is 0.334 e. The van der Waals surface area contributed by atoms with E-state index in [0.717, 1.165) is 8.04 Å². The van der Waals surface area contributed by atoms with E-state index < -0.39 is 10.0 Å². The van der Waals surface area contributed by atoms with Crippen molar-refractivity contribution in [1.82, 2.24) is 9.97 Å². The van der Waals surface area contributed by atoms with Gasteiger partial charge in [-0.05, 0) is 56.7 Å². The van der Waals surface area contributed by atoms with Crippen LogP contribution in [0.25, 0.3) is 0 Å². The van der Waals surface area contributed by atoms with Crippen LogP contribution in [0.15, 0.2) is 40.2 Å². The smallest absolute Gasteiger partial charge is 0.278 e. The summed E-state index contributed by atoms with van der Waals surface area (Å²) in [5.74, 6) is 0. The first-order valence-corrected chi connectivity index (χ1v) is 7.81. The van der Waals surface area contributed by atoms with Crippen LogP contribution in [0, 0.1) is 3.57 Å². The Balaban J connectivity index is 2.30. The summed E-state index contributed by atoms with van der Waals surface area (Å²) in [6.45, 7) is 0. The van der Waals surface area contributed by atoms with Crippen LogP contribution >= 0.6 is 38.5 Å². The molecule has 0 atom stereocenters. The van der Waals surface area contributed by atoms with Gasteiger partial charge >= 0.3 is 0 Å². The third kappa shape index (κ3) is 2.99. The molecule has 2 rings (SSSR count). The van der Waals surface area contributed by atoms with Gasteiger partial charge in [-0.2, -0.15) is 8.42 Å². The average Bonchev–Trinajstić information content (AvgIpc) is 2.77. The fourth-order valence-electron chi connectivity index (χ4n) is 1.16. The normalized spacial score (nSPS) is 11.4. The van der Waals surface area contributed by atoms with E-state index in [-0.39, 0.29) is 5.03 Å². The molecule has 0 bridgehead atoms. The van der Waals surface area contributed by atoms with E-state index in [1.165, 1.54) is 12.5 Å². The SMILES string of the molecule is O=S(=O)(Nc1ccc(I)c(Br)c1)c1cnc[nH]1. The number of imidazole rings is 1. The average molecular weight is 428 g/mol. The highest BCUT2D eigenvalue weighted by molar-refractivity contribution is 14.1. The second kappa shape index (κ2) is 4.94. The van der Waals surface area contributed by atoms with Crippen molar-refractivity contribution < 1.29 is 8.42 Å². The lowest BCUT2D eigenvalue weighted by molar-refractivity contribution is 0.598. The van der Waals surface area contributed by atoms with Crippen LogP contribution in [0.3, 0.4) is 0 Å². The number of aromatic nitrogens is 2. The van der Waals surface area contributed by atoms with E-state index in [0.29, 0.717) is 5.69 Å². The van der Waals surface area contributed by atoms with Gasteiger partial charge in [0.2, 0.25) is 0 Å². The van der Waals surface area contributed by atoms with Gasteiger partial charge in [0.05, 0.1) is 18.2 Å². The minimum atomic E-state index is -3.59. The van der Waals surface area contributed by atoms with Gasteiger partial charge < -0.3 is 4.98 Å². The van der Waals surface area contributed by atoms with Gasteiger partial charge in [0.25, 0.3) is 10.0 Å². The number of benzene rings is 1. The Morgan fingerprint density at radius 3 is 2.76 bits per heavy atom. The van der Waals surface area contributed by atoms with Crippen LogP contribution in [0.4, 0.5) is 5.69 Å². The van der Waals surface area contributed by atoms with Crippen LogP contribution in [-0.4, -0.2) is 18.4 Å². The zero-order chi connectivity index (χ0) is 12.5. The summed E-state index contributed by atoms with van der Waals surface area (Å²) in [5.41, 5.74) is 0.492. The van der Waals surface area contributed by atoms with E-state index in [4.69, 9.17) is 0 Å². The summed E-state index contributed by atoms with van der Waals surface area (Å²) in [5, 5.41) is 0.0344. The summed E-state index contributed by atoms with van der Waals surface area (Å²) >= 11 is 5.49. The predicted molar refractivity (Wildman–Crippen MR) is 76.3 cm³/mol. The molecule has 0 fully saturated rings. The maximum atomic E-state index is 11.9.